The van der Waals surface area contributed by atoms with E-state index in [4.69, 9.17) is 42.1 Å². The van der Waals surface area contributed by atoms with Gasteiger partial charge in [0.15, 0.2) is 11.5 Å². The van der Waals surface area contributed by atoms with Crippen molar-refractivity contribution in [1.82, 2.24) is 0 Å². The smallest absolute Gasteiger partial charge is 0.331 e. The largest absolute Gasteiger partial charge is 0.493 e. The molecule has 0 radical (unpaired) electrons. The number of carbonyl (C=O) groups excluding carboxylic acids is 1. The van der Waals surface area contributed by atoms with Crippen LogP contribution in [-0.4, -0.2) is 27.3 Å². The molecule has 0 N–H and O–H groups in total. The fraction of sp³-hybridized carbons (Fsp3) is 0.211. The summed E-state index contributed by atoms with van der Waals surface area (Å²) in [6.45, 7) is 0.0500. The zero-order valence-electron chi connectivity index (χ0n) is 14.5. The number of ether oxygens (including phenoxy) is 4. The van der Waals surface area contributed by atoms with Crippen molar-refractivity contribution < 1.29 is 23.7 Å². The lowest BCUT2D eigenvalue weighted by atomic mass is 10.1. The molecule has 2 aromatic carbocycles. The Morgan fingerprint density at radius 3 is 2.19 bits per heavy atom. The van der Waals surface area contributed by atoms with E-state index >= 15 is 0 Å². The van der Waals surface area contributed by atoms with E-state index in [0.717, 1.165) is 0 Å². The molecule has 2 rings (SSSR count). The first-order valence-electron chi connectivity index (χ1n) is 7.57. The Hall–Kier alpha value is -2.37. The van der Waals surface area contributed by atoms with Gasteiger partial charge in [0.2, 0.25) is 5.75 Å². The van der Waals surface area contributed by atoms with Crippen molar-refractivity contribution in [2.45, 2.75) is 6.61 Å². The topological polar surface area (TPSA) is 54.0 Å². The van der Waals surface area contributed by atoms with Gasteiger partial charge in [-0.3, -0.25) is 0 Å². The van der Waals surface area contributed by atoms with Crippen LogP contribution in [0.15, 0.2) is 36.4 Å². The van der Waals surface area contributed by atoms with Crippen molar-refractivity contribution in [3.63, 3.8) is 0 Å². The highest BCUT2D eigenvalue weighted by Crippen LogP contribution is 2.38. The molecule has 0 atom stereocenters. The minimum Gasteiger partial charge on any atom is -0.493 e. The van der Waals surface area contributed by atoms with Crippen molar-refractivity contribution in [2.24, 2.45) is 0 Å². The van der Waals surface area contributed by atoms with Crippen LogP contribution in [0.25, 0.3) is 6.08 Å². The van der Waals surface area contributed by atoms with Gasteiger partial charge < -0.3 is 18.9 Å². The van der Waals surface area contributed by atoms with Crippen LogP contribution in [0.1, 0.15) is 11.1 Å². The molecule has 0 fully saturated rings. The number of methoxy groups -OCH3 is 3. The first-order chi connectivity index (χ1) is 12.5. The van der Waals surface area contributed by atoms with Gasteiger partial charge in [-0.15, -0.1) is 0 Å². The minimum absolute atomic E-state index is 0.0500. The lowest BCUT2D eigenvalue weighted by molar-refractivity contribution is -0.138. The van der Waals surface area contributed by atoms with Gasteiger partial charge in [0.1, 0.15) is 6.61 Å². The van der Waals surface area contributed by atoms with Gasteiger partial charge in [-0.2, -0.15) is 0 Å². The maximum absolute atomic E-state index is 11.9. The molecule has 138 valence electrons. The van der Waals surface area contributed by atoms with Crippen molar-refractivity contribution >= 4 is 35.2 Å². The van der Waals surface area contributed by atoms with E-state index in [-0.39, 0.29) is 6.61 Å². The third-order valence-corrected chi connectivity index (χ3v) is 4.07. The van der Waals surface area contributed by atoms with E-state index in [1.54, 1.807) is 36.4 Å². The van der Waals surface area contributed by atoms with E-state index in [1.807, 2.05) is 0 Å². The van der Waals surface area contributed by atoms with Crippen LogP contribution in [0.4, 0.5) is 0 Å². The van der Waals surface area contributed by atoms with Crippen LogP contribution < -0.4 is 14.2 Å². The summed E-state index contributed by atoms with van der Waals surface area (Å²) in [7, 11) is 4.57. The molecule has 0 amide bonds. The Morgan fingerprint density at radius 1 is 1.00 bits per heavy atom. The molecule has 26 heavy (non-hydrogen) atoms. The molecule has 0 aliphatic carbocycles. The normalized spacial score (nSPS) is 10.7. The summed E-state index contributed by atoms with van der Waals surface area (Å²) in [6.07, 6.45) is 2.90. The number of benzene rings is 2. The second-order valence-corrected chi connectivity index (χ2v) is 5.98. The number of esters is 1. The standard InChI is InChI=1S/C19H18Cl2O5/c1-23-16-8-12(9-17(24-2)19(16)25-3)4-7-18(22)26-11-13-5-6-14(20)10-15(13)21/h4-10H,11H2,1-3H3/b7-4+. The van der Waals surface area contributed by atoms with Crippen LogP contribution in [0.2, 0.25) is 10.0 Å². The summed E-state index contributed by atoms with van der Waals surface area (Å²) in [5.74, 6) is 0.956. The molecular weight excluding hydrogens is 379 g/mol. The predicted octanol–water partition coefficient (Wildman–Crippen LogP) is 4.78. The number of hydrogen-bond donors (Lipinski definition) is 0. The van der Waals surface area contributed by atoms with E-state index in [1.165, 1.54) is 27.4 Å². The lowest BCUT2D eigenvalue weighted by Crippen LogP contribution is -2.01. The van der Waals surface area contributed by atoms with Crippen molar-refractivity contribution in [2.75, 3.05) is 21.3 Å². The summed E-state index contributed by atoms with van der Waals surface area (Å²) in [5.41, 5.74) is 1.37. The molecule has 0 bridgehead atoms. The molecule has 0 aliphatic heterocycles. The summed E-state index contributed by atoms with van der Waals surface area (Å²) in [5, 5.41) is 0.964. The molecule has 0 spiro atoms. The second kappa shape index (κ2) is 9.36. The molecule has 0 aromatic heterocycles. The molecule has 0 saturated carbocycles. The Labute approximate surface area is 162 Å². The Kier molecular flexibility index (Phi) is 7.18. The molecule has 0 heterocycles. The first kappa shape index (κ1) is 19.9. The third kappa shape index (κ3) is 5.07. The van der Waals surface area contributed by atoms with Crippen molar-refractivity contribution in [3.8, 4) is 17.2 Å². The van der Waals surface area contributed by atoms with Gasteiger partial charge in [-0.1, -0.05) is 29.3 Å². The lowest BCUT2D eigenvalue weighted by Gasteiger charge is -2.12. The highest BCUT2D eigenvalue weighted by Gasteiger charge is 2.12. The van der Waals surface area contributed by atoms with Gasteiger partial charge in [0.05, 0.1) is 21.3 Å². The average Bonchev–Trinajstić information content (AvgIpc) is 2.64. The second-order valence-electron chi connectivity index (χ2n) is 5.14. The number of rotatable bonds is 7. The van der Waals surface area contributed by atoms with Gasteiger partial charge in [-0.05, 0) is 35.9 Å². The van der Waals surface area contributed by atoms with E-state index in [2.05, 4.69) is 0 Å². The molecule has 2 aromatic rings. The van der Waals surface area contributed by atoms with Crippen LogP contribution >= 0.6 is 23.2 Å². The maximum Gasteiger partial charge on any atom is 0.331 e. The van der Waals surface area contributed by atoms with E-state index < -0.39 is 5.97 Å². The molecule has 0 unspecified atom stereocenters. The van der Waals surface area contributed by atoms with Crippen molar-refractivity contribution in [1.29, 1.82) is 0 Å². The Balaban J connectivity index is 2.07. The van der Waals surface area contributed by atoms with Crippen LogP contribution in [0, 0.1) is 0 Å². The summed E-state index contributed by atoms with van der Waals surface area (Å²) in [4.78, 5) is 11.9. The quantitative estimate of drug-likeness (QED) is 0.497. The molecule has 0 saturated heterocycles. The fourth-order valence-corrected chi connectivity index (χ4v) is 2.66. The highest BCUT2D eigenvalue weighted by atomic mass is 35.5. The Morgan fingerprint density at radius 2 is 1.65 bits per heavy atom. The number of carbonyl (C=O) groups is 1. The Bertz CT molecular complexity index is 793. The average molecular weight is 397 g/mol. The molecular formula is C19H18Cl2O5. The zero-order chi connectivity index (χ0) is 19.1. The molecule has 0 aliphatic rings. The minimum atomic E-state index is -0.509. The van der Waals surface area contributed by atoms with Gasteiger partial charge in [0.25, 0.3) is 0 Å². The van der Waals surface area contributed by atoms with E-state index in [0.29, 0.717) is 38.4 Å². The molecule has 7 heteroatoms. The van der Waals surface area contributed by atoms with Gasteiger partial charge in [-0.25, -0.2) is 4.79 Å². The van der Waals surface area contributed by atoms with Crippen molar-refractivity contribution in [3.05, 3.63) is 57.6 Å². The monoisotopic (exact) mass is 396 g/mol. The SMILES string of the molecule is COc1cc(/C=C/C(=O)OCc2ccc(Cl)cc2Cl)cc(OC)c1OC. The molecule has 5 nitrogen and oxygen atoms in total. The predicted molar refractivity (Wildman–Crippen MR) is 101 cm³/mol. The van der Waals surface area contributed by atoms with Gasteiger partial charge >= 0.3 is 5.97 Å². The van der Waals surface area contributed by atoms with E-state index in [9.17, 15) is 4.79 Å². The van der Waals surface area contributed by atoms with Crippen LogP contribution in [0.5, 0.6) is 17.2 Å². The summed E-state index contributed by atoms with van der Waals surface area (Å²) < 4.78 is 21.0. The highest BCUT2D eigenvalue weighted by molar-refractivity contribution is 6.35. The first-order valence-corrected chi connectivity index (χ1v) is 8.32. The van der Waals surface area contributed by atoms with Crippen LogP contribution in [0.3, 0.4) is 0 Å². The summed E-state index contributed by atoms with van der Waals surface area (Å²) in [6, 6.07) is 8.43. The number of halogens is 2. The summed E-state index contributed by atoms with van der Waals surface area (Å²) >= 11 is 11.9. The van der Waals surface area contributed by atoms with Gasteiger partial charge in [0, 0.05) is 21.7 Å². The maximum atomic E-state index is 11.9. The number of hydrogen-bond acceptors (Lipinski definition) is 5. The fourth-order valence-electron chi connectivity index (χ4n) is 2.20. The third-order valence-electron chi connectivity index (χ3n) is 3.48. The zero-order valence-corrected chi connectivity index (χ0v) is 16.1. The van der Waals surface area contributed by atoms with Crippen LogP contribution in [-0.2, 0) is 16.1 Å².